The van der Waals surface area contributed by atoms with Gasteiger partial charge in [0.05, 0.1) is 5.35 Å². The van der Waals surface area contributed by atoms with Crippen LogP contribution in [0.5, 0.6) is 0 Å². The van der Waals surface area contributed by atoms with Crippen LogP contribution in [-0.2, 0) is 6.18 Å². The Kier molecular flexibility index (Phi) is 1.95. The Balaban J connectivity index is 3.47. The van der Waals surface area contributed by atoms with Gasteiger partial charge in [-0.25, -0.2) is 0 Å². The van der Waals surface area contributed by atoms with E-state index in [1.54, 1.807) is 0 Å². The predicted octanol–water partition coefficient (Wildman–Crippen LogP) is 0.639. The van der Waals surface area contributed by atoms with E-state index in [1.165, 1.54) is 13.0 Å². The zero-order valence-electron chi connectivity index (χ0n) is 6.37. The molecule has 0 aliphatic heterocycles. The molecule has 1 rings (SSSR count). The first kappa shape index (κ1) is 8.83. The highest BCUT2D eigenvalue weighted by Gasteiger charge is 2.34. The monoisotopic (exact) mass is 176 g/mol. The van der Waals surface area contributed by atoms with E-state index in [4.69, 9.17) is 0 Å². The molecular formula is C7H7F3N2. The van der Waals surface area contributed by atoms with Crippen molar-refractivity contribution in [2.45, 2.75) is 13.1 Å². The van der Waals surface area contributed by atoms with Crippen molar-refractivity contribution in [1.82, 2.24) is 10.2 Å². The highest BCUT2D eigenvalue weighted by Crippen LogP contribution is 2.23. The van der Waals surface area contributed by atoms with Gasteiger partial charge < -0.3 is 0 Å². The van der Waals surface area contributed by atoms with Crippen LogP contribution in [0.15, 0.2) is 0 Å². The normalized spacial score (nSPS) is 13.8. The third-order valence-electron chi connectivity index (χ3n) is 1.44. The summed E-state index contributed by atoms with van der Waals surface area (Å²) in [7, 11) is 0. The maximum atomic E-state index is 12.1. The van der Waals surface area contributed by atoms with E-state index in [1.807, 2.05) is 0 Å². The van der Waals surface area contributed by atoms with E-state index >= 15 is 0 Å². The Morgan fingerprint density at radius 1 is 1.50 bits per heavy atom. The molecule has 12 heavy (non-hydrogen) atoms. The summed E-state index contributed by atoms with van der Waals surface area (Å²) in [5, 5.41) is 5.50. The van der Waals surface area contributed by atoms with E-state index < -0.39 is 11.9 Å². The molecule has 0 aliphatic carbocycles. The fraction of sp³-hybridized carbons (Fsp3) is 0.286. The third-order valence-corrected chi connectivity index (χ3v) is 1.44. The molecule has 0 bridgehead atoms. The molecule has 0 radical (unpaired) electrons. The van der Waals surface area contributed by atoms with Crippen LogP contribution in [-0.4, -0.2) is 10.2 Å². The lowest BCUT2D eigenvalue weighted by molar-refractivity contribution is -0.141. The molecule has 1 aromatic heterocycles. The topological polar surface area (TPSA) is 28.7 Å². The molecule has 0 spiro atoms. The molecule has 5 heteroatoms. The molecule has 2 nitrogen and oxygen atoms in total. The number of H-pyrrole nitrogens is 1. The number of halogens is 3. The van der Waals surface area contributed by atoms with E-state index in [-0.39, 0.29) is 10.6 Å². The number of hydrogen-bond acceptors (Lipinski definition) is 1. The van der Waals surface area contributed by atoms with Gasteiger partial charge in [-0.15, -0.1) is 0 Å². The van der Waals surface area contributed by atoms with Crippen molar-refractivity contribution in [3.8, 4) is 0 Å². The zero-order chi connectivity index (χ0) is 9.35. The van der Waals surface area contributed by atoms with Crippen LogP contribution in [0.25, 0.3) is 12.7 Å². The zero-order valence-corrected chi connectivity index (χ0v) is 6.37. The number of aromatic amines is 1. The molecule has 0 unspecified atom stereocenters. The van der Waals surface area contributed by atoms with Gasteiger partial charge in [0.2, 0.25) is 0 Å². The molecular weight excluding hydrogens is 169 g/mol. The fourth-order valence-electron chi connectivity index (χ4n) is 0.914. The summed E-state index contributed by atoms with van der Waals surface area (Å²) in [6.07, 6.45) is -3.08. The SMILES string of the molecule is C=c1[nH]nc(C(F)(F)F)/c1=C/C. The van der Waals surface area contributed by atoms with Gasteiger partial charge in [0.1, 0.15) is 0 Å². The Labute approximate surface area is 66.4 Å². The van der Waals surface area contributed by atoms with Crippen molar-refractivity contribution < 1.29 is 13.2 Å². The van der Waals surface area contributed by atoms with Gasteiger partial charge in [-0.2, -0.15) is 18.3 Å². The summed E-state index contributed by atoms with van der Waals surface area (Å²) in [6.45, 7) is 4.88. The average Bonchev–Trinajstić information content (AvgIpc) is 2.29. The van der Waals surface area contributed by atoms with Gasteiger partial charge >= 0.3 is 6.18 Å². The predicted molar refractivity (Wildman–Crippen MR) is 38.5 cm³/mol. The number of aromatic nitrogens is 2. The first-order valence-electron chi connectivity index (χ1n) is 3.23. The highest BCUT2D eigenvalue weighted by atomic mass is 19.4. The molecule has 0 saturated carbocycles. The average molecular weight is 176 g/mol. The fourth-order valence-corrected chi connectivity index (χ4v) is 0.914. The van der Waals surface area contributed by atoms with Crippen LogP contribution in [0.2, 0.25) is 0 Å². The molecule has 1 heterocycles. The van der Waals surface area contributed by atoms with Crippen LogP contribution in [0.3, 0.4) is 0 Å². The van der Waals surface area contributed by atoms with Gasteiger partial charge in [0.25, 0.3) is 0 Å². The minimum atomic E-state index is -4.41. The minimum absolute atomic E-state index is 0.0162. The van der Waals surface area contributed by atoms with Gasteiger partial charge in [-0.3, -0.25) is 5.10 Å². The van der Waals surface area contributed by atoms with Gasteiger partial charge in [-0.05, 0) is 6.92 Å². The van der Waals surface area contributed by atoms with Crippen LogP contribution < -0.4 is 10.6 Å². The molecule has 0 aliphatic rings. The van der Waals surface area contributed by atoms with Crippen LogP contribution in [0, 0.1) is 0 Å². The smallest absolute Gasteiger partial charge is 0.278 e. The Hall–Kier alpha value is -1.26. The highest BCUT2D eigenvalue weighted by molar-refractivity contribution is 5.25. The second-order valence-corrected chi connectivity index (χ2v) is 2.25. The molecule has 0 amide bonds. The van der Waals surface area contributed by atoms with Crippen LogP contribution in [0.4, 0.5) is 13.2 Å². The minimum Gasteiger partial charge on any atom is -0.278 e. The molecule has 0 saturated heterocycles. The van der Waals surface area contributed by atoms with Gasteiger partial charge in [-0.1, -0.05) is 12.7 Å². The summed E-state index contributed by atoms with van der Waals surface area (Å²) >= 11 is 0. The number of rotatable bonds is 0. The first-order valence-corrected chi connectivity index (χ1v) is 3.23. The summed E-state index contributed by atoms with van der Waals surface area (Å²) < 4.78 is 36.4. The number of hydrogen-bond donors (Lipinski definition) is 1. The van der Waals surface area contributed by atoms with Crippen molar-refractivity contribution in [3.63, 3.8) is 0 Å². The number of nitrogens with zero attached hydrogens (tertiary/aromatic N) is 1. The number of nitrogens with one attached hydrogen (secondary N) is 1. The summed E-state index contributed by atoms with van der Waals surface area (Å²) in [4.78, 5) is 0. The maximum absolute atomic E-state index is 12.1. The lowest BCUT2D eigenvalue weighted by Crippen LogP contribution is -2.27. The molecule has 0 aromatic carbocycles. The lowest BCUT2D eigenvalue weighted by atomic mass is 10.3. The van der Waals surface area contributed by atoms with E-state index in [0.29, 0.717) is 0 Å². The van der Waals surface area contributed by atoms with Crippen molar-refractivity contribution in [2.75, 3.05) is 0 Å². The molecule has 66 valence electrons. The summed E-state index contributed by atoms with van der Waals surface area (Å²) in [5.41, 5.74) is -0.907. The lowest BCUT2D eigenvalue weighted by Gasteiger charge is -1.99. The van der Waals surface area contributed by atoms with Crippen molar-refractivity contribution >= 4 is 12.7 Å². The maximum Gasteiger partial charge on any atom is 0.435 e. The number of alkyl halides is 3. The second-order valence-electron chi connectivity index (χ2n) is 2.25. The van der Waals surface area contributed by atoms with Gasteiger partial charge in [0.15, 0.2) is 5.69 Å². The second kappa shape index (κ2) is 2.66. The van der Waals surface area contributed by atoms with Gasteiger partial charge in [0, 0.05) is 5.22 Å². The van der Waals surface area contributed by atoms with Crippen molar-refractivity contribution in [2.24, 2.45) is 0 Å². The molecule has 0 atom stereocenters. The van der Waals surface area contributed by atoms with Crippen LogP contribution in [0.1, 0.15) is 12.6 Å². The van der Waals surface area contributed by atoms with Crippen LogP contribution >= 0.6 is 0 Å². The van der Waals surface area contributed by atoms with Crippen molar-refractivity contribution in [1.29, 1.82) is 0 Å². The summed E-state index contributed by atoms with van der Waals surface area (Å²) in [5.74, 6) is 0. The van der Waals surface area contributed by atoms with E-state index in [0.717, 1.165) is 0 Å². The quantitative estimate of drug-likeness (QED) is 0.617. The molecule has 1 aromatic rings. The molecule has 1 N–H and O–H groups in total. The Morgan fingerprint density at radius 2 is 2.08 bits per heavy atom. The largest absolute Gasteiger partial charge is 0.435 e. The Morgan fingerprint density at radius 3 is 2.42 bits per heavy atom. The van der Waals surface area contributed by atoms with E-state index in [2.05, 4.69) is 16.8 Å². The third kappa shape index (κ3) is 1.34. The molecule has 0 fully saturated rings. The van der Waals surface area contributed by atoms with Crippen molar-refractivity contribution in [3.05, 3.63) is 16.3 Å². The summed E-state index contributed by atoms with van der Waals surface area (Å²) in [6, 6.07) is 0. The standard InChI is InChI=1S/C7H7F3N2/c1-3-5-4(2)11-12-6(5)7(8,9)10/h3,11H,2H2,1H3/b5-3+. The first-order chi connectivity index (χ1) is 5.46. The van der Waals surface area contributed by atoms with E-state index in [9.17, 15) is 13.2 Å². The Bertz CT molecular complexity index is 374.